The highest BCUT2D eigenvalue weighted by Crippen LogP contribution is 2.33. The van der Waals surface area contributed by atoms with Crippen LogP contribution in [-0.2, 0) is 17.6 Å². The van der Waals surface area contributed by atoms with Gasteiger partial charge >= 0.3 is 0 Å². The van der Waals surface area contributed by atoms with Crippen LogP contribution in [0.15, 0.2) is 18.2 Å². The Kier molecular flexibility index (Phi) is 3.90. The van der Waals surface area contributed by atoms with Crippen molar-refractivity contribution in [2.45, 2.75) is 51.2 Å². The van der Waals surface area contributed by atoms with E-state index >= 15 is 0 Å². The molecule has 0 aromatic heterocycles. The van der Waals surface area contributed by atoms with Crippen LogP contribution in [0.1, 0.15) is 48.9 Å². The maximum absolute atomic E-state index is 5.95. The fraction of sp³-hybridized carbons (Fsp3) is 0.647. The van der Waals surface area contributed by atoms with Gasteiger partial charge in [-0.2, -0.15) is 0 Å². The predicted molar refractivity (Wildman–Crippen MR) is 78.4 cm³/mol. The predicted octanol–water partition coefficient (Wildman–Crippen LogP) is 3.25. The Balaban J connectivity index is 1.86. The zero-order chi connectivity index (χ0) is 13.2. The molecule has 1 fully saturated rings. The fourth-order valence-electron chi connectivity index (χ4n) is 3.61. The topological polar surface area (TPSA) is 21.3 Å². The van der Waals surface area contributed by atoms with Gasteiger partial charge in [-0.15, -0.1) is 0 Å². The van der Waals surface area contributed by atoms with Crippen molar-refractivity contribution in [1.29, 1.82) is 0 Å². The minimum absolute atomic E-state index is 0.326. The van der Waals surface area contributed by atoms with Crippen LogP contribution in [0.4, 0.5) is 0 Å². The van der Waals surface area contributed by atoms with E-state index < -0.39 is 0 Å². The number of likely N-dealkylation sites (N-methyl/N-ethyl adjacent to an activating group) is 1. The van der Waals surface area contributed by atoms with E-state index in [1.54, 1.807) is 11.1 Å². The molecule has 1 aliphatic heterocycles. The van der Waals surface area contributed by atoms with Gasteiger partial charge in [0.15, 0.2) is 0 Å². The monoisotopic (exact) mass is 259 g/mol. The summed E-state index contributed by atoms with van der Waals surface area (Å²) < 4.78 is 5.95. The van der Waals surface area contributed by atoms with Crippen LogP contribution in [0.3, 0.4) is 0 Å². The lowest BCUT2D eigenvalue weighted by Gasteiger charge is -2.27. The molecule has 1 N–H and O–H groups in total. The van der Waals surface area contributed by atoms with Gasteiger partial charge in [-0.25, -0.2) is 0 Å². The molecular formula is C17H25NO. The molecule has 3 unspecified atom stereocenters. The maximum Gasteiger partial charge on any atom is 0.0795 e. The molecule has 1 saturated heterocycles. The van der Waals surface area contributed by atoms with Crippen molar-refractivity contribution >= 4 is 0 Å². The summed E-state index contributed by atoms with van der Waals surface area (Å²) in [5.74, 6) is 0.647. The first-order chi connectivity index (χ1) is 9.29. The number of hydrogen-bond acceptors (Lipinski definition) is 2. The van der Waals surface area contributed by atoms with Crippen LogP contribution >= 0.6 is 0 Å². The lowest BCUT2D eigenvalue weighted by Crippen LogP contribution is -2.32. The Morgan fingerprint density at radius 3 is 2.68 bits per heavy atom. The molecule has 2 nitrogen and oxygen atoms in total. The van der Waals surface area contributed by atoms with Gasteiger partial charge in [-0.3, -0.25) is 0 Å². The van der Waals surface area contributed by atoms with Crippen molar-refractivity contribution in [3.8, 4) is 0 Å². The van der Waals surface area contributed by atoms with E-state index in [1.807, 2.05) is 0 Å². The summed E-state index contributed by atoms with van der Waals surface area (Å²) >= 11 is 0. The average molecular weight is 259 g/mol. The molecule has 0 spiro atoms. The molecule has 1 aromatic rings. The first kappa shape index (κ1) is 13.1. The van der Waals surface area contributed by atoms with Gasteiger partial charge in [0.25, 0.3) is 0 Å². The summed E-state index contributed by atoms with van der Waals surface area (Å²) in [6, 6.07) is 7.40. The second-order valence-electron chi connectivity index (χ2n) is 6.10. The first-order valence-electron chi connectivity index (χ1n) is 7.70. The van der Waals surface area contributed by atoms with E-state index in [4.69, 9.17) is 4.74 Å². The molecule has 2 aliphatic rings. The summed E-state index contributed by atoms with van der Waals surface area (Å²) in [4.78, 5) is 0. The second-order valence-corrected chi connectivity index (χ2v) is 6.10. The third-order valence-electron chi connectivity index (χ3n) is 4.82. The minimum atomic E-state index is 0.326. The zero-order valence-corrected chi connectivity index (χ0v) is 12.1. The summed E-state index contributed by atoms with van der Waals surface area (Å²) in [6.45, 7) is 3.22. The van der Waals surface area contributed by atoms with Crippen LogP contribution in [0.2, 0.25) is 0 Å². The van der Waals surface area contributed by atoms with Crippen molar-refractivity contribution in [2.24, 2.45) is 5.92 Å². The Bertz CT molecular complexity index is 443. The van der Waals surface area contributed by atoms with Crippen molar-refractivity contribution in [3.05, 3.63) is 34.9 Å². The van der Waals surface area contributed by atoms with Crippen molar-refractivity contribution < 1.29 is 4.74 Å². The standard InChI is InChI=1S/C17H25NO/c1-12-9-10-19-17(12)16(18-2)15-8-7-13-5-3-4-6-14(13)11-15/h7-8,11-12,16-18H,3-6,9-10H2,1-2H3. The number of ether oxygens (including phenoxy) is 1. The van der Waals surface area contributed by atoms with Gasteiger partial charge in [0.05, 0.1) is 12.1 Å². The van der Waals surface area contributed by atoms with Gasteiger partial charge in [0.1, 0.15) is 0 Å². The van der Waals surface area contributed by atoms with E-state index in [1.165, 1.54) is 37.7 Å². The number of rotatable bonds is 3. The van der Waals surface area contributed by atoms with Crippen LogP contribution in [0.5, 0.6) is 0 Å². The van der Waals surface area contributed by atoms with E-state index in [2.05, 4.69) is 37.5 Å². The molecule has 1 aliphatic carbocycles. The molecule has 0 saturated carbocycles. The lowest BCUT2D eigenvalue weighted by molar-refractivity contribution is 0.0631. The highest BCUT2D eigenvalue weighted by Gasteiger charge is 2.32. The van der Waals surface area contributed by atoms with Crippen molar-refractivity contribution in [3.63, 3.8) is 0 Å². The van der Waals surface area contributed by atoms with E-state index in [-0.39, 0.29) is 0 Å². The van der Waals surface area contributed by atoms with Crippen molar-refractivity contribution in [2.75, 3.05) is 13.7 Å². The highest BCUT2D eigenvalue weighted by molar-refractivity contribution is 5.35. The van der Waals surface area contributed by atoms with Crippen LogP contribution in [-0.4, -0.2) is 19.8 Å². The third-order valence-corrected chi connectivity index (χ3v) is 4.82. The zero-order valence-electron chi connectivity index (χ0n) is 12.1. The molecule has 104 valence electrons. The van der Waals surface area contributed by atoms with Crippen LogP contribution in [0, 0.1) is 5.92 Å². The molecule has 19 heavy (non-hydrogen) atoms. The molecular weight excluding hydrogens is 234 g/mol. The van der Waals surface area contributed by atoms with E-state index in [0.29, 0.717) is 18.1 Å². The van der Waals surface area contributed by atoms with Gasteiger partial charge < -0.3 is 10.1 Å². The number of hydrogen-bond donors (Lipinski definition) is 1. The maximum atomic E-state index is 5.95. The Labute approximate surface area is 116 Å². The second kappa shape index (κ2) is 5.64. The highest BCUT2D eigenvalue weighted by atomic mass is 16.5. The van der Waals surface area contributed by atoms with Gasteiger partial charge in [-0.1, -0.05) is 25.1 Å². The smallest absolute Gasteiger partial charge is 0.0795 e. The lowest BCUT2D eigenvalue weighted by atomic mass is 9.86. The Morgan fingerprint density at radius 1 is 1.21 bits per heavy atom. The molecule has 1 heterocycles. The minimum Gasteiger partial charge on any atom is -0.376 e. The van der Waals surface area contributed by atoms with Gasteiger partial charge in [0.2, 0.25) is 0 Å². The third kappa shape index (κ3) is 2.56. The Hall–Kier alpha value is -0.860. The molecule has 2 heteroatoms. The SMILES string of the molecule is CNC(c1ccc2c(c1)CCCC2)C1OCCC1C. The molecule has 0 amide bonds. The largest absolute Gasteiger partial charge is 0.376 e. The number of nitrogens with one attached hydrogen (secondary N) is 1. The summed E-state index contributed by atoms with van der Waals surface area (Å²) in [5.41, 5.74) is 4.53. The Morgan fingerprint density at radius 2 is 2.00 bits per heavy atom. The molecule has 3 rings (SSSR count). The summed E-state index contributed by atoms with van der Waals surface area (Å²) in [7, 11) is 2.05. The molecule has 3 atom stereocenters. The summed E-state index contributed by atoms with van der Waals surface area (Å²) in [5, 5.41) is 3.47. The van der Waals surface area contributed by atoms with Crippen LogP contribution < -0.4 is 5.32 Å². The van der Waals surface area contributed by atoms with Crippen LogP contribution in [0.25, 0.3) is 0 Å². The van der Waals surface area contributed by atoms with Gasteiger partial charge in [0, 0.05) is 6.61 Å². The number of fused-ring (bicyclic) bond motifs is 1. The van der Waals surface area contributed by atoms with E-state index in [9.17, 15) is 0 Å². The molecule has 0 bridgehead atoms. The number of aryl methyl sites for hydroxylation is 2. The quantitative estimate of drug-likeness (QED) is 0.899. The van der Waals surface area contributed by atoms with Crippen molar-refractivity contribution in [1.82, 2.24) is 5.32 Å². The average Bonchev–Trinajstić information content (AvgIpc) is 2.86. The molecule has 1 aromatic carbocycles. The summed E-state index contributed by atoms with van der Waals surface area (Å²) in [6.07, 6.45) is 6.72. The fourth-order valence-corrected chi connectivity index (χ4v) is 3.61. The normalized spacial score (nSPS) is 28.1. The van der Waals surface area contributed by atoms with E-state index in [0.717, 1.165) is 6.61 Å². The number of benzene rings is 1. The molecule has 0 radical (unpaired) electrons. The van der Waals surface area contributed by atoms with Gasteiger partial charge in [-0.05, 0) is 61.8 Å². The first-order valence-corrected chi connectivity index (χ1v) is 7.70.